The predicted molar refractivity (Wildman–Crippen MR) is 54.9 cm³/mol. The first-order chi connectivity index (χ1) is 6.70. The molecule has 5 heteroatoms. The van der Waals surface area contributed by atoms with E-state index in [0.717, 1.165) is 0 Å². The minimum Gasteiger partial charge on any atom is -0.465 e. The number of rotatable bonds is 6. The van der Waals surface area contributed by atoms with Crippen molar-refractivity contribution in [2.45, 2.75) is 13.8 Å². The van der Waals surface area contributed by atoms with Gasteiger partial charge in [0, 0.05) is 6.08 Å². The average molecular weight is 218 g/mol. The molecule has 0 heterocycles. The van der Waals surface area contributed by atoms with Crippen molar-refractivity contribution < 1.29 is 19.1 Å². The summed E-state index contributed by atoms with van der Waals surface area (Å²) in [7, 11) is 0. The van der Waals surface area contributed by atoms with E-state index in [1.54, 1.807) is 13.8 Å². The molecule has 0 rings (SSSR count). The third kappa shape index (κ3) is 7.67. The van der Waals surface area contributed by atoms with Crippen LogP contribution in [0.1, 0.15) is 13.8 Å². The molecule has 4 nitrogen and oxygen atoms in total. The first kappa shape index (κ1) is 13.0. The van der Waals surface area contributed by atoms with Crippen molar-refractivity contribution in [2.75, 3.05) is 19.0 Å². The topological polar surface area (TPSA) is 52.6 Å². The van der Waals surface area contributed by atoms with Gasteiger partial charge in [-0.15, -0.1) is 11.8 Å². The predicted octanol–water partition coefficient (Wildman–Crippen LogP) is 1.36. The quantitative estimate of drug-likeness (QED) is 0.497. The second-order valence-corrected chi connectivity index (χ2v) is 3.06. The molecule has 0 saturated carbocycles. The van der Waals surface area contributed by atoms with Gasteiger partial charge in [0.25, 0.3) is 0 Å². The summed E-state index contributed by atoms with van der Waals surface area (Å²) in [6, 6.07) is 0. The maximum atomic E-state index is 10.8. The Balaban J connectivity index is 3.52. The number of hydrogen-bond acceptors (Lipinski definition) is 5. The van der Waals surface area contributed by atoms with Crippen LogP contribution in [0.3, 0.4) is 0 Å². The molecule has 0 amide bonds. The van der Waals surface area contributed by atoms with Crippen molar-refractivity contribution in [3.63, 3.8) is 0 Å². The highest BCUT2D eigenvalue weighted by Crippen LogP contribution is 2.02. The van der Waals surface area contributed by atoms with Gasteiger partial charge in [0.1, 0.15) is 0 Å². The van der Waals surface area contributed by atoms with Crippen LogP contribution in [0.15, 0.2) is 11.5 Å². The molecule has 0 aliphatic heterocycles. The largest absolute Gasteiger partial charge is 0.465 e. The molecule has 0 spiro atoms. The first-order valence-corrected chi connectivity index (χ1v) is 5.36. The van der Waals surface area contributed by atoms with E-state index in [4.69, 9.17) is 0 Å². The minimum atomic E-state index is -0.399. The molecule has 0 aliphatic carbocycles. The zero-order valence-corrected chi connectivity index (χ0v) is 9.13. The highest BCUT2D eigenvalue weighted by Gasteiger charge is 1.99. The standard InChI is InChI=1S/C9H14O4S/c1-3-12-8(10)5-6-14-7-9(11)13-4-2/h5-6H,3-4,7H2,1-2H3/b6-5+. The van der Waals surface area contributed by atoms with Crippen LogP contribution >= 0.6 is 11.8 Å². The van der Waals surface area contributed by atoms with Crippen molar-refractivity contribution in [2.24, 2.45) is 0 Å². The van der Waals surface area contributed by atoms with E-state index < -0.39 is 5.97 Å². The van der Waals surface area contributed by atoms with Gasteiger partial charge in [-0.3, -0.25) is 4.79 Å². The molecule has 0 bridgehead atoms. The Morgan fingerprint density at radius 1 is 1.21 bits per heavy atom. The average Bonchev–Trinajstić information content (AvgIpc) is 2.13. The van der Waals surface area contributed by atoms with E-state index >= 15 is 0 Å². The number of ether oxygens (including phenoxy) is 2. The maximum absolute atomic E-state index is 10.8. The minimum absolute atomic E-state index is 0.212. The number of esters is 2. The Labute approximate surface area is 87.6 Å². The number of hydrogen-bond donors (Lipinski definition) is 0. The molecule has 0 aromatic rings. The van der Waals surface area contributed by atoms with Gasteiger partial charge in [-0.1, -0.05) is 0 Å². The van der Waals surface area contributed by atoms with Crippen LogP contribution in [0.4, 0.5) is 0 Å². The van der Waals surface area contributed by atoms with Gasteiger partial charge in [0.05, 0.1) is 19.0 Å². The van der Waals surface area contributed by atoms with Crippen LogP contribution in [0.5, 0.6) is 0 Å². The highest BCUT2D eigenvalue weighted by molar-refractivity contribution is 8.02. The molecule has 0 aromatic carbocycles. The summed E-state index contributed by atoms with van der Waals surface area (Å²) >= 11 is 1.20. The van der Waals surface area contributed by atoms with Gasteiger partial charge in [0.2, 0.25) is 0 Å². The Morgan fingerprint density at radius 2 is 1.86 bits per heavy atom. The molecule has 0 atom stereocenters. The third-order valence-electron chi connectivity index (χ3n) is 1.09. The lowest BCUT2D eigenvalue weighted by Gasteiger charge is -1.98. The smallest absolute Gasteiger partial charge is 0.331 e. The molecule has 0 fully saturated rings. The van der Waals surface area contributed by atoms with Crippen LogP contribution in [0.2, 0.25) is 0 Å². The zero-order valence-electron chi connectivity index (χ0n) is 8.32. The molecule has 0 N–H and O–H groups in total. The van der Waals surface area contributed by atoms with Gasteiger partial charge in [-0.05, 0) is 19.3 Å². The molecule has 0 aromatic heterocycles. The molecule has 0 saturated heterocycles. The van der Waals surface area contributed by atoms with E-state index in [0.29, 0.717) is 13.2 Å². The lowest BCUT2D eigenvalue weighted by molar-refractivity contribution is -0.140. The summed E-state index contributed by atoms with van der Waals surface area (Å²) < 4.78 is 9.33. The molecular formula is C9H14O4S. The summed E-state index contributed by atoms with van der Waals surface area (Å²) in [5.41, 5.74) is 0. The van der Waals surface area contributed by atoms with E-state index in [-0.39, 0.29) is 11.7 Å². The van der Waals surface area contributed by atoms with Crippen molar-refractivity contribution in [1.29, 1.82) is 0 Å². The first-order valence-electron chi connectivity index (χ1n) is 4.31. The van der Waals surface area contributed by atoms with Gasteiger partial charge < -0.3 is 9.47 Å². The number of thioether (sulfide) groups is 1. The van der Waals surface area contributed by atoms with Crippen LogP contribution in [0.25, 0.3) is 0 Å². The van der Waals surface area contributed by atoms with Gasteiger partial charge in [-0.2, -0.15) is 0 Å². The summed E-state index contributed by atoms with van der Waals surface area (Å²) in [5.74, 6) is -0.473. The van der Waals surface area contributed by atoms with E-state index in [1.807, 2.05) is 0 Å². The summed E-state index contributed by atoms with van der Waals surface area (Å²) in [4.78, 5) is 21.6. The van der Waals surface area contributed by atoms with Crippen LogP contribution in [-0.4, -0.2) is 30.9 Å². The Kier molecular flexibility index (Phi) is 8.02. The van der Waals surface area contributed by atoms with E-state index in [1.165, 1.54) is 23.2 Å². The van der Waals surface area contributed by atoms with Crippen molar-refractivity contribution in [1.82, 2.24) is 0 Å². The summed E-state index contributed by atoms with van der Waals surface area (Å²) in [6.07, 6.45) is 1.29. The Bertz CT molecular complexity index is 213. The third-order valence-corrected chi connectivity index (χ3v) is 1.82. The molecule has 0 radical (unpaired) electrons. The fourth-order valence-corrected chi connectivity index (χ4v) is 1.14. The fourth-order valence-electron chi connectivity index (χ4n) is 0.613. The molecule has 0 aliphatic rings. The monoisotopic (exact) mass is 218 g/mol. The Morgan fingerprint density at radius 3 is 2.43 bits per heavy atom. The van der Waals surface area contributed by atoms with Crippen LogP contribution in [0, 0.1) is 0 Å². The molecular weight excluding hydrogens is 204 g/mol. The van der Waals surface area contributed by atoms with E-state index in [2.05, 4.69) is 9.47 Å². The zero-order chi connectivity index (χ0) is 10.8. The van der Waals surface area contributed by atoms with Gasteiger partial charge in [-0.25, -0.2) is 4.79 Å². The van der Waals surface area contributed by atoms with Gasteiger partial charge >= 0.3 is 11.9 Å². The van der Waals surface area contributed by atoms with E-state index in [9.17, 15) is 9.59 Å². The lowest BCUT2D eigenvalue weighted by atomic mass is 10.6. The van der Waals surface area contributed by atoms with Crippen molar-refractivity contribution in [3.05, 3.63) is 11.5 Å². The van der Waals surface area contributed by atoms with Crippen molar-refractivity contribution >= 4 is 23.7 Å². The Hall–Kier alpha value is -0.970. The molecule has 80 valence electrons. The van der Waals surface area contributed by atoms with Crippen LogP contribution < -0.4 is 0 Å². The summed E-state index contributed by atoms with van der Waals surface area (Å²) in [5, 5.41) is 1.52. The SMILES string of the molecule is CCOC(=O)/C=C/SCC(=O)OCC. The number of carbonyl (C=O) groups excluding carboxylic acids is 2. The van der Waals surface area contributed by atoms with Gasteiger partial charge in [0.15, 0.2) is 0 Å². The van der Waals surface area contributed by atoms with Crippen molar-refractivity contribution in [3.8, 4) is 0 Å². The normalized spacial score (nSPS) is 10.1. The lowest BCUT2D eigenvalue weighted by Crippen LogP contribution is -2.05. The molecule has 0 unspecified atom stereocenters. The fraction of sp³-hybridized carbons (Fsp3) is 0.556. The molecule has 14 heavy (non-hydrogen) atoms. The second kappa shape index (κ2) is 8.62. The van der Waals surface area contributed by atoms with Crippen LogP contribution in [-0.2, 0) is 19.1 Å². The number of carbonyl (C=O) groups is 2. The summed E-state index contributed by atoms with van der Waals surface area (Å²) in [6.45, 7) is 4.21. The highest BCUT2D eigenvalue weighted by atomic mass is 32.2. The maximum Gasteiger partial charge on any atom is 0.331 e. The second-order valence-electron chi connectivity index (χ2n) is 2.17.